The summed E-state index contributed by atoms with van der Waals surface area (Å²) in [5.74, 6) is 0.688. The lowest BCUT2D eigenvalue weighted by atomic mass is 9.97. The van der Waals surface area contributed by atoms with E-state index >= 15 is 0 Å². The highest BCUT2D eigenvalue weighted by molar-refractivity contribution is 5.91. The van der Waals surface area contributed by atoms with Crippen LogP contribution in [-0.4, -0.2) is 77.6 Å². The van der Waals surface area contributed by atoms with Crippen molar-refractivity contribution >= 4 is 34.2 Å². The van der Waals surface area contributed by atoms with Crippen LogP contribution in [0.1, 0.15) is 49.0 Å². The number of ether oxygens (including phenoxy) is 1. The number of methoxy groups -OCH3 is 1. The molecule has 6 rings (SSSR count). The van der Waals surface area contributed by atoms with Crippen LogP contribution in [0.5, 0.6) is 0 Å². The molecule has 2 fully saturated rings. The van der Waals surface area contributed by atoms with Crippen LogP contribution in [0.15, 0.2) is 59.4 Å². The zero-order valence-electron chi connectivity index (χ0n) is 22.2. The van der Waals surface area contributed by atoms with Crippen molar-refractivity contribution in [1.29, 1.82) is 0 Å². The number of hydrogen-bond donors (Lipinski definition) is 0. The summed E-state index contributed by atoms with van der Waals surface area (Å²) in [6.07, 6.45) is 8.46. The van der Waals surface area contributed by atoms with Gasteiger partial charge in [0, 0.05) is 54.4 Å². The molecule has 3 aliphatic rings. The number of rotatable bonds is 5. The summed E-state index contributed by atoms with van der Waals surface area (Å²) < 4.78 is 10.5. The van der Waals surface area contributed by atoms with Crippen molar-refractivity contribution in [3.63, 3.8) is 0 Å². The number of esters is 1. The van der Waals surface area contributed by atoms with Crippen molar-refractivity contribution in [2.45, 2.75) is 57.3 Å². The normalized spacial score (nSPS) is 25.5. The van der Waals surface area contributed by atoms with E-state index in [1.165, 1.54) is 12.7 Å². The average molecular weight is 515 g/mol. The molecule has 3 aromatic rings. The molecule has 0 saturated carbocycles. The number of likely N-dealkylation sites (tertiary alicyclic amines) is 1. The fourth-order valence-electron chi connectivity index (χ4n) is 6.67. The van der Waals surface area contributed by atoms with E-state index in [1.54, 1.807) is 18.5 Å². The van der Waals surface area contributed by atoms with Crippen molar-refractivity contribution in [3.8, 4) is 0 Å². The number of carbonyl (C=O) groups excluding carboxylic acids is 2. The SMILES string of the molecule is COC(=O)c1ccc(N2C3CCC2[C@@H](C)N(CC(=O)N2CC=C(c4cccc5ccoc45)CC2)[C@@H]3C)nc1. The number of anilines is 1. The number of para-hydroxylation sites is 1. The lowest BCUT2D eigenvalue weighted by Crippen LogP contribution is -2.64. The second kappa shape index (κ2) is 9.91. The van der Waals surface area contributed by atoms with E-state index in [0.717, 1.165) is 41.6 Å². The number of benzene rings is 1. The van der Waals surface area contributed by atoms with Crippen molar-refractivity contribution in [2.75, 3.05) is 31.6 Å². The highest BCUT2D eigenvalue weighted by Gasteiger charge is 2.49. The summed E-state index contributed by atoms with van der Waals surface area (Å²) in [7, 11) is 1.38. The molecular weight excluding hydrogens is 480 g/mol. The van der Waals surface area contributed by atoms with Crippen LogP contribution < -0.4 is 4.90 Å². The summed E-state index contributed by atoms with van der Waals surface area (Å²) in [4.78, 5) is 36.7. The monoisotopic (exact) mass is 514 g/mol. The average Bonchev–Trinajstić information content (AvgIpc) is 3.60. The minimum Gasteiger partial charge on any atom is -0.465 e. The molecule has 8 heteroatoms. The molecule has 1 amide bonds. The number of fused-ring (bicyclic) bond motifs is 3. The van der Waals surface area contributed by atoms with Crippen LogP contribution in [-0.2, 0) is 9.53 Å². The van der Waals surface area contributed by atoms with Gasteiger partial charge in [-0.25, -0.2) is 9.78 Å². The smallest absolute Gasteiger partial charge is 0.339 e. The van der Waals surface area contributed by atoms with Gasteiger partial charge in [-0.2, -0.15) is 0 Å². The Morgan fingerprint density at radius 3 is 2.53 bits per heavy atom. The third kappa shape index (κ3) is 4.17. The van der Waals surface area contributed by atoms with E-state index in [2.05, 4.69) is 52.9 Å². The second-order valence-electron chi connectivity index (χ2n) is 10.6. The van der Waals surface area contributed by atoms with Crippen LogP contribution in [0, 0.1) is 0 Å². The molecule has 4 atom stereocenters. The van der Waals surface area contributed by atoms with E-state index < -0.39 is 0 Å². The predicted molar refractivity (Wildman–Crippen MR) is 146 cm³/mol. The van der Waals surface area contributed by atoms with E-state index in [0.29, 0.717) is 25.2 Å². The van der Waals surface area contributed by atoms with Gasteiger partial charge in [0.15, 0.2) is 0 Å². The number of piperazine rings is 1. The zero-order valence-corrected chi connectivity index (χ0v) is 22.2. The number of amides is 1. The standard InChI is InChI=1S/C30H34N4O4/c1-19-25-8-9-26(34(25)27-10-7-23(17-31-27)30(36)37-3)20(2)33(19)18-28(35)32-14-11-21(12-15-32)24-6-4-5-22-13-16-38-29(22)24/h4-7,10-11,13,16-17,19-20,25-26H,8-9,12,14-15,18H2,1-3H3/t19-,20-,25?,26?/m1/s1. The van der Waals surface area contributed by atoms with Crippen LogP contribution in [0.4, 0.5) is 5.82 Å². The topological polar surface area (TPSA) is 79.1 Å². The number of aromatic nitrogens is 1. The highest BCUT2D eigenvalue weighted by atomic mass is 16.5. The lowest BCUT2D eigenvalue weighted by molar-refractivity contribution is -0.133. The summed E-state index contributed by atoms with van der Waals surface area (Å²) >= 11 is 0. The Morgan fingerprint density at radius 2 is 1.87 bits per heavy atom. The fraction of sp³-hybridized carbons (Fsp3) is 0.433. The Kier molecular flexibility index (Phi) is 6.43. The van der Waals surface area contributed by atoms with Gasteiger partial charge in [0.2, 0.25) is 5.91 Å². The van der Waals surface area contributed by atoms with Crippen LogP contribution >= 0.6 is 0 Å². The largest absolute Gasteiger partial charge is 0.465 e. The Morgan fingerprint density at radius 1 is 1.08 bits per heavy atom. The molecule has 0 aliphatic carbocycles. The summed E-state index contributed by atoms with van der Waals surface area (Å²) in [6, 6.07) is 12.9. The van der Waals surface area contributed by atoms with Crippen molar-refractivity contribution in [2.24, 2.45) is 0 Å². The molecule has 0 radical (unpaired) electrons. The first-order valence-electron chi connectivity index (χ1n) is 13.5. The first-order chi connectivity index (χ1) is 18.5. The molecule has 2 bridgehead atoms. The first-order valence-corrected chi connectivity index (χ1v) is 13.5. The van der Waals surface area contributed by atoms with E-state index in [-0.39, 0.29) is 36.0 Å². The molecule has 8 nitrogen and oxygen atoms in total. The number of carbonyl (C=O) groups is 2. The molecular formula is C30H34N4O4. The van der Waals surface area contributed by atoms with Gasteiger partial charge in [-0.05, 0) is 56.9 Å². The van der Waals surface area contributed by atoms with Crippen LogP contribution in [0.2, 0.25) is 0 Å². The minimum atomic E-state index is -0.380. The van der Waals surface area contributed by atoms with Crippen molar-refractivity contribution < 1.29 is 18.7 Å². The third-order valence-electron chi connectivity index (χ3n) is 8.77. The lowest BCUT2D eigenvalue weighted by Gasteiger charge is -2.50. The molecule has 198 valence electrons. The number of nitrogens with zero attached hydrogens (tertiary/aromatic N) is 4. The van der Waals surface area contributed by atoms with Gasteiger partial charge < -0.3 is 19.0 Å². The summed E-state index contributed by atoms with van der Waals surface area (Å²) in [6.45, 7) is 6.22. The molecule has 0 spiro atoms. The molecule has 2 saturated heterocycles. The Bertz CT molecular complexity index is 1360. The predicted octanol–water partition coefficient (Wildman–Crippen LogP) is 4.36. The molecule has 2 unspecified atom stereocenters. The van der Waals surface area contributed by atoms with Crippen LogP contribution in [0.3, 0.4) is 0 Å². The Labute approximate surface area is 222 Å². The number of pyridine rings is 1. The minimum absolute atomic E-state index is 0.184. The quantitative estimate of drug-likeness (QED) is 0.468. The van der Waals surface area contributed by atoms with Gasteiger partial charge in [0.25, 0.3) is 0 Å². The van der Waals surface area contributed by atoms with E-state index in [9.17, 15) is 9.59 Å². The summed E-state index contributed by atoms with van der Waals surface area (Å²) in [5, 5.41) is 1.10. The maximum atomic E-state index is 13.5. The van der Waals surface area contributed by atoms with Gasteiger partial charge in [-0.3, -0.25) is 9.69 Å². The Hall–Kier alpha value is -3.65. The Balaban J connectivity index is 1.13. The van der Waals surface area contributed by atoms with Gasteiger partial charge in [0.1, 0.15) is 11.4 Å². The first kappa shape index (κ1) is 24.7. The van der Waals surface area contributed by atoms with E-state index in [4.69, 9.17) is 9.15 Å². The number of furan rings is 1. The molecule has 0 N–H and O–H groups in total. The van der Waals surface area contributed by atoms with Crippen molar-refractivity contribution in [3.05, 3.63) is 66.1 Å². The van der Waals surface area contributed by atoms with Crippen LogP contribution in [0.25, 0.3) is 16.5 Å². The molecule has 3 aliphatic heterocycles. The van der Waals surface area contributed by atoms with Gasteiger partial charge in [-0.15, -0.1) is 0 Å². The molecule has 5 heterocycles. The molecule has 38 heavy (non-hydrogen) atoms. The summed E-state index contributed by atoms with van der Waals surface area (Å²) in [5.41, 5.74) is 3.74. The number of hydrogen-bond acceptors (Lipinski definition) is 7. The van der Waals surface area contributed by atoms with Crippen molar-refractivity contribution in [1.82, 2.24) is 14.8 Å². The highest BCUT2D eigenvalue weighted by Crippen LogP contribution is 2.40. The fourth-order valence-corrected chi connectivity index (χ4v) is 6.67. The van der Waals surface area contributed by atoms with Gasteiger partial charge in [0.05, 0.1) is 25.5 Å². The maximum Gasteiger partial charge on any atom is 0.339 e. The molecule has 2 aromatic heterocycles. The molecule has 1 aromatic carbocycles. The second-order valence-corrected chi connectivity index (χ2v) is 10.6. The third-order valence-corrected chi connectivity index (χ3v) is 8.77. The zero-order chi connectivity index (χ0) is 26.4. The van der Waals surface area contributed by atoms with Gasteiger partial charge >= 0.3 is 5.97 Å². The van der Waals surface area contributed by atoms with E-state index in [1.807, 2.05) is 17.0 Å². The maximum absolute atomic E-state index is 13.5. The van der Waals surface area contributed by atoms with Gasteiger partial charge in [-0.1, -0.05) is 24.3 Å².